The Morgan fingerprint density at radius 1 is 1.16 bits per heavy atom. The molecule has 0 spiro atoms. The van der Waals surface area contributed by atoms with Gasteiger partial charge in [-0.05, 0) is 43.5 Å². The van der Waals surface area contributed by atoms with Gasteiger partial charge in [0.25, 0.3) is 0 Å². The van der Waals surface area contributed by atoms with Gasteiger partial charge < -0.3 is 25.5 Å². The predicted octanol–water partition coefficient (Wildman–Crippen LogP) is 2.76. The van der Waals surface area contributed by atoms with Crippen molar-refractivity contribution in [3.05, 3.63) is 65.7 Å². The van der Waals surface area contributed by atoms with Gasteiger partial charge in [-0.25, -0.2) is 9.48 Å². The Morgan fingerprint density at radius 2 is 1.94 bits per heavy atom. The van der Waals surface area contributed by atoms with Crippen molar-refractivity contribution in [2.24, 2.45) is 0 Å². The van der Waals surface area contributed by atoms with Gasteiger partial charge in [0.15, 0.2) is 0 Å². The van der Waals surface area contributed by atoms with Crippen molar-refractivity contribution in [2.75, 3.05) is 25.4 Å². The first-order valence-corrected chi connectivity index (χ1v) is 10.1. The van der Waals surface area contributed by atoms with Gasteiger partial charge in [-0.2, -0.15) is 10.4 Å². The smallest absolute Gasteiger partial charge is 0.314 e. The minimum atomic E-state index is -0.235. The molecular formula is C22H26N6O3. The van der Waals surface area contributed by atoms with Gasteiger partial charge in [-0.1, -0.05) is 18.2 Å². The molecule has 0 saturated heterocycles. The highest BCUT2D eigenvalue weighted by atomic mass is 16.5. The van der Waals surface area contributed by atoms with Crippen LogP contribution >= 0.6 is 0 Å². The Kier molecular flexibility index (Phi) is 8.08. The number of furan rings is 1. The summed E-state index contributed by atoms with van der Waals surface area (Å²) in [4.78, 5) is 11.9. The lowest BCUT2D eigenvalue weighted by molar-refractivity contribution is 0.104. The molecule has 0 aliphatic carbocycles. The third kappa shape index (κ3) is 6.35. The fourth-order valence-corrected chi connectivity index (χ4v) is 3.01. The second-order valence-corrected chi connectivity index (χ2v) is 6.84. The summed E-state index contributed by atoms with van der Waals surface area (Å²) < 4.78 is 12.2. The standard InChI is InChI=1S/C22H26N6O3/c23-15-19-20(27-28(21(19)24)17-7-2-1-3-8-17)10-4-11-25-22(29)26-12-6-13-30-16-18-9-5-14-31-18/h1-3,5,7-9,14H,4,6,10-13,16,24H2,(H2,25,26,29). The van der Waals surface area contributed by atoms with Crippen LogP contribution in [0.2, 0.25) is 0 Å². The van der Waals surface area contributed by atoms with Crippen molar-refractivity contribution in [1.82, 2.24) is 20.4 Å². The zero-order chi connectivity index (χ0) is 21.9. The molecule has 0 aliphatic heterocycles. The Labute approximate surface area is 180 Å². The van der Waals surface area contributed by atoms with Crippen LogP contribution in [0.5, 0.6) is 0 Å². The topological polar surface area (TPSA) is 131 Å². The average Bonchev–Trinajstić information content (AvgIpc) is 3.42. The number of amides is 2. The van der Waals surface area contributed by atoms with E-state index >= 15 is 0 Å². The molecule has 3 rings (SSSR count). The van der Waals surface area contributed by atoms with Crippen LogP contribution in [-0.4, -0.2) is 35.5 Å². The molecule has 162 valence electrons. The van der Waals surface area contributed by atoms with Gasteiger partial charge in [-0.3, -0.25) is 0 Å². The van der Waals surface area contributed by atoms with Crippen LogP contribution in [0.4, 0.5) is 10.6 Å². The Balaban J connectivity index is 1.34. The van der Waals surface area contributed by atoms with Crippen molar-refractivity contribution in [3.8, 4) is 11.8 Å². The molecule has 9 nitrogen and oxygen atoms in total. The number of nitriles is 1. The number of carbonyl (C=O) groups is 1. The van der Waals surface area contributed by atoms with Gasteiger partial charge in [0, 0.05) is 19.7 Å². The number of nitrogens with zero attached hydrogens (tertiary/aromatic N) is 3. The van der Waals surface area contributed by atoms with Crippen LogP contribution < -0.4 is 16.4 Å². The van der Waals surface area contributed by atoms with E-state index in [1.807, 2.05) is 42.5 Å². The van der Waals surface area contributed by atoms with Crippen molar-refractivity contribution in [3.63, 3.8) is 0 Å². The van der Waals surface area contributed by atoms with E-state index < -0.39 is 0 Å². The quantitative estimate of drug-likeness (QED) is 0.407. The first-order valence-electron chi connectivity index (χ1n) is 10.1. The highest BCUT2D eigenvalue weighted by Gasteiger charge is 2.16. The average molecular weight is 422 g/mol. The number of anilines is 1. The van der Waals surface area contributed by atoms with Crippen LogP contribution in [0, 0.1) is 11.3 Å². The van der Waals surface area contributed by atoms with E-state index in [1.54, 1.807) is 10.9 Å². The summed E-state index contributed by atoms with van der Waals surface area (Å²) in [6.07, 6.45) is 3.48. The number of urea groups is 1. The molecule has 1 aromatic carbocycles. The number of ether oxygens (including phenoxy) is 1. The Morgan fingerprint density at radius 3 is 2.65 bits per heavy atom. The third-order valence-corrected chi connectivity index (χ3v) is 4.56. The number of rotatable bonds is 11. The van der Waals surface area contributed by atoms with Crippen LogP contribution in [-0.2, 0) is 17.8 Å². The highest BCUT2D eigenvalue weighted by Crippen LogP contribution is 2.21. The van der Waals surface area contributed by atoms with Gasteiger partial charge in [0.1, 0.15) is 29.8 Å². The highest BCUT2D eigenvalue weighted by molar-refractivity contribution is 5.73. The molecule has 2 aromatic heterocycles. The van der Waals surface area contributed by atoms with Crippen molar-refractivity contribution in [1.29, 1.82) is 5.26 Å². The maximum Gasteiger partial charge on any atom is 0.314 e. The summed E-state index contributed by atoms with van der Waals surface area (Å²) >= 11 is 0. The number of nitrogen functional groups attached to an aromatic ring is 1. The van der Waals surface area contributed by atoms with E-state index in [1.165, 1.54) is 0 Å². The Hall–Kier alpha value is -3.77. The number of aromatic nitrogens is 2. The number of para-hydroxylation sites is 1. The molecule has 9 heteroatoms. The second-order valence-electron chi connectivity index (χ2n) is 6.84. The summed E-state index contributed by atoms with van der Waals surface area (Å²) in [6, 6.07) is 15.0. The number of aryl methyl sites for hydroxylation is 1. The molecule has 4 N–H and O–H groups in total. The fourth-order valence-electron chi connectivity index (χ4n) is 3.01. The lowest BCUT2D eigenvalue weighted by Gasteiger charge is -2.07. The van der Waals surface area contributed by atoms with E-state index in [9.17, 15) is 10.1 Å². The number of hydrogen-bond acceptors (Lipinski definition) is 6. The van der Waals surface area contributed by atoms with Gasteiger partial charge >= 0.3 is 6.03 Å². The fraction of sp³-hybridized carbons (Fsp3) is 0.318. The predicted molar refractivity (Wildman–Crippen MR) is 115 cm³/mol. The number of nitrogens with one attached hydrogen (secondary N) is 2. The van der Waals surface area contributed by atoms with Crippen LogP contribution in [0.1, 0.15) is 29.9 Å². The summed E-state index contributed by atoms with van der Waals surface area (Å²) in [5.74, 6) is 1.10. The SMILES string of the molecule is N#Cc1c(CCCNC(=O)NCCCOCc2ccco2)nn(-c2ccccc2)c1N. The minimum Gasteiger partial charge on any atom is -0.467 e. The van der Waals surface area contributed by atoms with Crippen LogP contribution in [0.25, 0.3) is 5.69 Å². The van der Waals surface area contributed by atoms with Gasteiger partial charge in [-0.15, -0.1) is 0 Å². The molecule has 2 heterocycles. The summed E-state index contributed by atoms with van der Waals surface area (Å²) in [7, 11) is 0. The van der Waals surface area contributed by atoms with Crippen LogP contribution in [0.3, 0.4) is 0 Å². The Bertz CT molecular complexity index is 992. The normalized spacial score (nSPS) is 10.5. The van der Waals surface area contributed by atoms with Gasteiger partial charge in [0.05, 0.1) is 17.6 Å². The number of benzene rings is 1. The zero-order valence-corrected chi connectivity index (χ0v) is 17.2. The lowest BCUT2D eigenvalue weighted by Crippen LogP contribution is -2.36. The maximum atomic E-state index is 11.9. The molecule has 0 aliphatic rings. The molecule has 0 radical (unpaired) electrons. The zero-order valence-electron chi connectivity index (χ0n) is 17.2. The first-order chi connectivity index (χ1) is 15.2. The summed E-state index contributed by atoms with van der Waals surface area (Å²) in [5, 5.41) is 19.5. The van der Waals surface area contributed by atoms with Crippen LogP contribution in [0.15, 0.2) is 53.1 Å². The molecule has 31 heavy (non-hydrogen) atoms. The third-order valence-electron chi connectivity index (χ3n) is 4.56. The van der Waals surface area contributed by atoms with E-state index in [2.05, 4.69) is 21.8 Å². The van der Waals surface area contributed by atoms with Crippen molar-refractivity contribution >= 4 is 11.8 Å². The monoisotopic (exact) mass is 422 g/mol. The summed E-state index contributed by atoms with van der Waals surface area (Å²) in [5.41, 5.74) is 7.90. The van der Waals surface area contributed by atoms with Gasteiger partial charge in [0.2, 0.25) is 0 Å². The minimum absolute atomic E-state index is 0.235. The van der Waals surface area contributed by atoms with E-state index in [4.69, 9.17) is 14.9 Å². The number of carbonyl (C=O) groups excluding carboxylic acids is 1. The summed E-state index contributed by atoms with van der Waals surface area (Å²) in [6.45, 7) is 1.93. The van der Waals surface area contributed by atoms with Crippen molar-refractivity contribution in [2.45, 2.75) is 25.9 Å². The van der Waals surface area contributed by atoms with E-state index in [0.29, 0.717) is 62.6 Å². The lowest BCUT2D eigenvalue weighted by atomic mass is 10.1. The first kappa shape index (κ1) is 21.9. The van der Waals surface area contributed by atoms with E-state index in [-0.39, 0.29) is 6.03 Å². The molecule has 2 amide bonds. The molecular weight excluding hydrogens is 396 g/mol. The molecule has 0 saturated carbocycles. The molecule has 0 fully saturated rings. The molecule has 0 atom stereocenters. The molecule has 3 aromatic rings. The molecule has 0 unspecified atom stereocenters. The maximum absolute atomic E-state index is 11.9. The molecule has 0 bridgehead atoms. The van der Waals surface area contributed by atoms with Crippen molar-refractivity contribution < 1.29 is 13.9 Å². The number of nitrogens with two attached hydrogens (primary N) is 1. The second kappa shape index (κ2) is 11.4. The number of hydrogen-bond donors (Lipinski definition) is 3. The van der Waals surface area contributed by atoms with E-state index in [0.717, 1.165) is 11.4 Å². The largest absolute Gasteiger partial charge is 0.467 e.